The third-order valence-corrected chi connectivity index (χ3v) is 6.06. The number of hydrogen-bond acceptors (Lipinski definition) is 5. The molecular formula is C27H16ClN3O3. The zero-order chi connectivity index (χ0) is 23.7. The molecule has 5 rings (SSSR count). The highest BCUT2D eigenvalue weighted by Crippen LogP contribution is 2.48. The fourth-order valence-electron chi connectivity index (χ4n) is 4.13. The Morgan fingerprint density at radius 3 is 2.47 bits per heavy atom. The minimum Gasteiger partial charge on any atom is -0.438 e. The molecule has 1 aliphatic rings. The van der Waals surface area contributed by atoms with Gasteiger partial charge >= 0.3 is 0 Å². The van der Waals surface area contributed by atoms with E-state index in [1.165, 1.54) is 18.3 Å². The molecule has 0 radical (unpaired) electrons. The summed E-state index contributed by atoms with van der Waals surface area (Å²) in [6, 6.07) is 27.5. The van der Waals surface area contributed by atoms with Crippen LogP contribution in [0.5, 0.6) is 5.75 Å². The number of nitriles is 1. The maximum absolute atomic E-state index is 10.9. The molecule has 0 amide bonds. The van der Waals surface area contributed by atoms with Gasteiger partial charge in [0.1, 0.15) is 17.4 Å². The van der Waals surface area contributed by atoms with E-state index >= 15 is 0 Å². The highest BCUT2D eigenvalue weighted by Gasteiger charge is 2.34. The van der Waals surface area contributed by atoms with E-state index in [1.807, 2.05) is 54.6 Å². The number of hydrogen-bond donors (Lipinski definition) is 0. The van der Waals surface area contributed by atoms with Crippen LogP contribution >= 0.6 is 11.6 Å². The van der Waals surface area contributed by atoms with Crippen LogP contribution in [0.1, 0.15) is 22.6 Å². The minimum absolute atomic E-state index is 0.0115. The van der Waals surface area contributed by atoms with Crippen molar-refractivity contribution in [3.8, 4) is 11.8 Å². The molecule has 0 saturated carbocycles. The topological polar surface area (TPSA) is 88.5 Å². The van der Waals surface area contributed by atoms with E-state index in [2.05, 4.69) is 11.1 Å². The maximum Gasteiger partial charge on any atom is 0.269 e. The first-order valence-corrected chi connectivity index (χ1v) is 10.8. The van der Waals surface area contributed by atoms with E-state index in [9.17, 15) is 15.4 Å². The van der Waals surface area contributed by atoms with Crippen LogP contribution in [0.25, 0.3) is 10.8 Å². The van der Waals surface area contributed by atoms with Gasteiger partial charge in [0, 0.05) is 28.9 Å². The molecule has 1 aliphatic heterocycles. The fraction of sp³-hybridized carbons (Fsp3) is 0.0370. The van der Waals surface area contributed by atoms with Crippen molar-refractivity contribution in [3.05, 3.63) is 128 Å². The molecule has 6 nitrogen and oxygen atoms in total. The van der Waals surface area contributed by atoms with Gasteiger partial charge in [-0.1, -0.05) is 60.1 Å². The van der Waals surface area contributed by atoms with Crippen molar-refractivity contribution in [3.63, 3.8) is 0 Å². The number of allylic oxidation sites excluding steroid dienone is 1. The average molecular weight is 466 g/mol. The molecule has 164 valence electrons. The molecule has 4 aromatic carbocycles. The average Bonchev–Trinajstić information content (AvgIpc) is 2.87. The quantitative estimate of drug-likeness (QED) is 0.189. The summed E-state index contributed by atoms with van der Waals surface area (Å²) in [5.74, 6) is 0.282. The molecule has 1 atom stereocenters. The third kappa shape index (κ3) is 3.79. The Bertz CT molecular complexity index is 1540. The zero-order valence-electron chi connectivity index (χ0n) is 17.7. The van der Waals surface area contributed by atoms with Gasteiger partial charge in [-0.2, -0.15) is 5.26 Å². The lowest BCUT2D eigenvalue weighted by molar-refractivity contribution is -0.384. The summed E-state index contributed by atoms with van der Waals surface area (Å²) >= 11 is 6.59. The summed E-state index contributed by atoms with van der Waals surface area (Å²) in [5.41, 5.74) is 2.59. The second-order valence-corrected chi connectivity index (χ2v) is 8.10. The van der Waals surface area contributed by atoms with Crippen LogP contribution in [0.2, 0.25) is 5.02 Å². The van der Waals surface area contributed by atoms with Crippen molar-refractivity contribution >= 4 is 34.3 Å². The lowest BCUT2D eigenvalue weighted by Gasteiger charge is -2.28. The number of halogens is 1. The van der Waals surface area contributed by atoms with Crippen molar-refractivity contribution in [2.24, 2.45) is 4.99 Å². The first-order valence-electron chi connectivity index (χ1n) is 10.4. The highest BCUT2D eigenvalue weighted by atomic mass is 35.5. The number of ether oxygens (including phenoxy) is 1. The lowest BCUT2D eigenvalue weighted by atomic mass is 9.81. The number of non-ortho nitro benzene ring substituents is 1. The molecule has 0 fully saturated rings. The molecule has 34 heavy (non-hydrogen) atoms. The first-order chi connectivity index (χ1) is 16.6. The Morgan fingerprint density at radius 1 is 1.00 bits per heavy atom. The van der Waals surface area contributed by atoms with Gasteiger partial charge in [-0.15, -0.1) is 0 Å². The summed E-state index contributed by atoms with van der Waals surface area (Å²) in [5, 5.41) is 23.6. The van der Waals surface area contributed by atoms with Crippen LogP contribution < -0.4 is 4.74 Å². The van der Waals surface area contributed by atoms with Crippen LogP contribution in [0.15, 0.2) is 101 Å². The van der Waals surface area contributed by atoms with Gasteiger partial charge in [0.15, 0.2) is 0 Å². The van der Waals surface area contributed by atoms with Crippen molar-refractivity contribution in [1.29, 1.82) is 5.26 Å². The molecule has 0 bridgehead atoms. The molecule has 1 unspecified atom stereocenters. The number of nitrogens with zero attached hydrogens (tertiary/aromatic N) is 3. The van der Waals surface area contributed by atoms with Gasteiger partial charge in [0.2, 0.25) is 5.88 Å². The molecule has 0 aliphatic carbocycles. The normalized spacial score (nSPS) is 15.1. The fourth-order valence-corrected chi connectivity index (χ4v) is 4.38. The smallest absolute Gasteiger partial charge is 0.269 e. The number of fused-ring (bicyclic) bond motifs is 3. The predicted octanol–water partition coefficient (Wildman–Crippen LogP) is 6.78. The number of aliphatic imine (C=N–C) groups is 1. The molecular weight excluding hydrogens is 450 g/mol. The van der Waals surface area contributed by atoms with Gasteiger partial charge in [0.05, 0.1) is 10.8 Å². The van der Waals surface area contributed by atoms with Gasteiger partial charge in [-0.25, -0.2) is 4.99 Å². The lowest BCUT2D eigenvalue weighted by Crippen LogP contribution is -2.16. The summed E-state index contributed by atoms with van der Waals surface area (Å²) in [6.07, 6.45) is 1.52. The highest BCUT2D eigenvalue weighted by molar-refractivity contribution is 6.31. The summed E-state index contributed by atoms with van der Waals surface area (Å²) in [6.45, 7) is 0. The summed E-state index contributed by atoms with van der Waals surface area (Å²) in [7, 11) is 0. The third-order valence-electron chi connectivity index (χ3n) is 5.72. The number of benzene rings is 4. The van der Waals surface area contributed by atoms with E-state index in [-0.39, 0.29) is 11.6 Å². The van der Waals surface area contributed by atoms with E-state index in [1.54, 1.807) is 18.2 Å². The van der Waals surface area contributed by atoms with Crippen LogP contribution in [-0.4, -0.2) is 11.1 Å². The zero-order valence-corrected chi connectivity index (χ0v) is 18.4. The Labute approximate surface area is 200 Å². The van der Waals surface area contributed by atoms with Gasteiger partial charge < -0.3 is 4.74 Å². The van der Waals surface area contributed by atoms with E-state index in [0.717, 1.165) is 21.9 Å². The number of rotatable bonds is 4. The number of nitro groups is 1. The molecule has 0 saturated heterocycles. The van der Waals surface area contributed by atoms with E-state index < -0.39 is 10.8 Å². The molecule has 4 aromatic rings. The van der Waals surface area contributed by atoms with Crippen molar-refractivity contribution in [1.82, 2.24) is 0 Å². The predicted molar refractivity (Wildman–Crippen MR) is 131 cm³/mol. The minimum atomic E-state index is -0.474. The first kappa shape index (κ1) is 21.4. The maximum atomic E-state index is 10.9. The van der Waals surface area contributed by atoms with Crippen molar-refractivity contribution < 1.29 is 9.66 Å². The van der Waals surface area contributed by atoms with Crippen LogP contribution in [0, 0.1) is 21.4 Å². The van der Waals surface area contributed by atoms with Crippen LogP contribution in [0.3, 0.4) is 0 Å². The number of nitro benzene ring substituents is 1. The standard InChI is InChI=1S/C27H16ClN3O3/c28-23-8-4-3-7-21(23)25-22(15-29)27(30-16-17-9-12-19(13-10-17)31(32)33)34-24-14-11-18-5-1-2-6-20(18)26(24)25/h1-14,16,25H. The largest absolute Gasteiger partial charge is 0.438 e. The molecule has 0 aromatic heterocycles. The van der Waals surface area contributed by atoms with E-state index in [0.29, 0.717) is 21.9 Å². The molecule has 0 N–H and O–H groups in total. The van der Waals surface area contributed by atoms with Crippen molar-refractivity contribution in [2.75, 3.05) is 0 Å². The Balaban J connectivity index is 1.68. The molecule has 7 heteroatoms. The Morgan fingerprint density at radius 2 is 1.74 bits per heavy atom. The van der Waals surface area contributed by atoms with Crippen LogP contribution in [-0.2, 0) is 0 Å². The second-order valence-electron chi connectivity index (χ2n) is 7.69. The molecule has 0 spiro atoms. The van der Waals surface area contributed by atoms with Crippen LogP contribution in [0.4, 0.5) is 5.69 Å². The van der Waals surface area contributed by atoms with Gasteiger partial charge in [-0.05, 0) is 46.2 Å². The van der Waals surface area contributed by atoms with Gasteiger partial charge in [0.25, 0.3) is 5.69 Å². The Kier molecular flexibility index (Phi) is 5.54. The van der Waals surface area contributed by atoms with Gasteiger partial charge in [-0.3, -0.25) is 10.1 Å². The second kappa shape index (κ2) is 8.81. The summed E-state index contributed by atoms with van der Waals surface area (Å²) < 4.78 is 6.13. The SMILES string of the molecule is N#CC1=C(N=Cc2ccc([N+](=O)[O-])cc2)Oc2ccc3ccccc3c2C1c1ccccc1Cl. The summed E-state index contributed by atoms with van der Waals surface area (Å²) in [4.78, 5) is 14.9. The Hall–Kier alpha value is -4.47. The molecule has 1 heterocycles. The van der Waals surface area contributed by atoms with Crippen molar-refractivity contribution in [2.45, 2.75) is 5.92 Å². The monoisotopic (exact) mass is 465 g/mol. The van der Waals surface area contributed by atoms with E-state index in [4.69, 9.17) is 16.3 Å².